The van der Waals surface area contributed by atoms with Gasteiger partial charge in [-0.3, -0.25) is 0 Å². The molecule has 2 aromatic heterocycles. The van der Waals surface area contributed by atoms with Gasteiger partial charge in [0.1, 0.15) is 0 Å². The molecule has 0 amide bonds. The van der Waals surface area contributed by atoms with Crippen LogP contribution in [-0.2, 0) is 38.5 Å². The molecule has 0 aliphatic carbocycles. The molecule has 7 heterocycles. The van der Waals surface area contributed by atoms with Crippen LogP contribution < -0.4 is 21.3 Å². The zero-order valence-electron chi connectivity index (χ0n) is 50.6. The Labute approximate surface area is 548 Å². The largest absolute Gasteiger partial charge is 0.354 e. The Kier molecular flexibility index (Phi) is 13.5. The number of rotatable bonds is 8. The third-order valence-corrected chi connectivity index (χ3v) is 19.6. The van der Waals surface area contributed by atoms with E-state index in [1.54, 1.807) is 0 Å². The normalized spacial score (nSPS) is 12.7. The second kappa shape index (κ2) is 22.6. The summed E-state index contributed by atoms with van der Waals surface area (Å²) >= 11 is 0. The number of anilines is 8. The van der Waals surface area contributed by atoms with E-state index < -0.39 is 0 Å². The van der Waals surface area contributed by atoms with Crippen molar-refractivity contribution < 1.29 is 0 Å². The summed E-state index contributed by atoms with van der Waals surface area (Å²) in [6.07, 6.45) is 5.44. The van der Waals surface area contributed by atoms with Crippen LogP contribution in [0, 0.1) is 0 Å². The van der Waals surface area contributed by atoms with Crippen molar-refractivity contribution in [1.29, 1.82) is 0 Å². The van der Waals surface area contributed by atoms with E-state index in [-0.39, 0.29) is 14.9 Å². The number of benzene rings is 13. The highest BCUT2D eigenvalue weighted by Crippen LogP contribution is 2.46. The molecule has 454 valence electrons. The molecule has 6 bridgehead atoms. The smallest absolute Gasteiger partial charge is 0.0739 e. The fourth-order valence-corrected chi connectivity index (χ4v) is 15.4. The fraction of sp³-hybridized carbons (Fsp3) is 0.0930. The molecule has 0 radical (unpaired) electrons. The number of hydrogen-bond acceptors (Lipinski definition) is 4. The summed E-state index contributed by atoms with van der Waals surface area (Å²) in [6.45, 7) is 0. The van der Waals surface area contributed by atoms with Gasteiger partial charge in [0.25, 0.3) is 0 Å². The molecule has 4 N–H and O–H groups in total. The van der Waals surface area contributed by atoms with Gasteiger partial charge in [-0.1, -0.05) is 185 Å². The van der Waals surface area contributed by atoms with Crippen LogP contribution in [-0.4, -0.2) is 18.3 Å². The predicted molar refractivity (Wildman–Crippen MR) is 393 cm³/mol. The Balaban J connectivity index is 0.000000141. The average molecular weight is 1220 g/mol. The standard InChI is InChI=1S/C45H30N4.C39H32N4.2CH4/c1-3-11-34(12-4-1)46-36-15-7-9-32-24-30-19-17-28-21-29-18-20-31-25-33-10-8-16-37-45(33)49(39(31)23-29)43-27-42(48(44(32)36)38(30)22-28)40(46)26-41(43)47(37)35-13-5-2-6-14-35;1-3-11-32(12-4-1)40-34-15-7-9-30-24-28-19-17-26(22-36(28)42-38(30)34)21-27-18-20-29-25-31-10-8-16-35(39(31)43-37(29)23-27)41-33-13-5-2-6-14-33;;/h1-20,22-23,26-27H,21,24-25H2;1-20,22-23,40-43H,21,24-25H2;2*1H4. The molecule has 15 aromatic rings. The number of para-hydroxylation sites is 8. The molecule has 0 saturated carbocycles. The van der Waals surface area contributed by atoms with E-state index in [0.29, 0.717) is 0 Å². The summed E-state index contributed by atoms with van der Waals surface area (Å²) in [6, 6.07) is 102. The molecule has 0 fully saturated rings. The van der Waals surface area contributed by atoms with E-state index in [2.05, 4.69) is 306 Å². The molecule has 5 aliphatic rings. The van der Waals surface area contributed by atoms with E-state index in [1.165, 1.54) is 134 Å². The van der Waals surface area contributed by atoms with Gasteiger partial charge in [-0.05, 0) is 189 Å². The Bertz CT molecular complexity index is 5230. The Hall–Kier alpha value is -11.7. The van der Waals surface area contributed by atoms with Crippen LogP contribution in [0.15, 0.2) is 279 Å². The first kappa shape index (κ1) is 56.3. The van der Waals surface area contributed by atoms with Gasteiger partial charge < -0.3 is 39.5 Å². The van der Waals surface area contributed by atoms with Crippen LogP contribution in [0.25, 0.3) is 66.9 Å². The maximum atomic E-state index is 3.76. The predicted octanol–water partition coefficient (Wildman–Crippen LogP) is 21.6. The summed E-state index contributed by atoms with van der Waals surface area (Å²) in [5, 5.41) is 14.7. The summed E-state index contributed by atoms with van der Waals surface area (Å²) in [5.74, 6) is 0. The van der Waals surface area contributed by atoms with Crippen molar-refractivity contribution in [3.05, 3.63) is 346 Å². The second-order valence-corrected chi connectivity index (χ2v) is 25.3. The molecule has 0 spiro atoms. The molecule has 8 nitrogen and oxygen atoms in total. The minimum atomic E-state index is 0. The molecule has 0 unspecified atom stereocenters. The van der Waals surface area contributed by atoms with Gasteiger partial charge in [-0.25, -0.2) is 0 Å². The Morgan fingerprint density at radius 2 is 0.670 bits per heavy atom. The van der Waals surface area contributed by atoms with Crippen LogP contribution in [0.5, 0.6) is 0 Å². The van der Waals surface area contributed by atoms with E-state index in [9.17, 15) is 0 Å². The lowest BCUT2D eigenvalue weighted by Gasteiger charge is -2.32. The van der Waals surface area contributed by atoms with Crippen molar-refractivity contribution in [2.45, 2.75) is 53.4 Å². The van der Waals surface area contributed by atoms with Gasteiger partial charge in [0, 0.05) is 59.8 Å². The van der Waals surface area contributed by atoms with Gasteiger partial charge in [0.2, 0.25) is 0 Å². The van der Waals surface area contributed by atoms with Crippen molar-refractivity contribution in [3.8, 4) is 22.7 Å². The molecular formula is C86H70N8. The summed E-state index contributed by atoms with van der Waals surface area (Å²) < 4.78 is 10.1. The number of fused-ring (bicyclic) bond motifs is 6. The zero-order chi connectivity index (χ0) is 60.4. The molecular weight excluding hydrogens is 1150 g/mol. The lowest BCUT2D eigenvalue weighted by Crippen LogP contribution is -2.18. The topological polar surface area (TPSA) is 67.8 Å². The first-order chi connectivity index (χ1) is 45.5. The van der Waals surface area contributed by atoms with Gasteiger partial charge >= 0.3 is 0 Å². The van der Waals surface area contributed by atoms with E-state index in [0.717, 1.165) is 84.0 Å². The van der Waals surface area contributed by atoms with Crippen molar-refractivity contribution in [3.63, 3.8) is 0 Å². The van der Waals surface area contributed by atoms with E-state index in [4.69, 9.17) is 0 Å². The highest BCUT2D eigenvalue weighted by Gasteiger charge is 2.29. The number of nitrogens with one attached hydrogen (secondary N) is 4. The molecule has 0 atom stereocenters. The minimum absolute atomic E-state index is 0. The summed E-state index contributed by atoms with van der Waals surface area (Å²) in [4.78, 5) is 0. The van der Waals surface area contributed by atoms with Crippen molar-refractivity contribution in [2.24, 2.45) is 0 Å². The third kappa shape index (κ3) is 9.35. The number of aromatic nitrogens is 4. The lowest BCUT2D eigenvalue weighted by molar-refractivity contribution is 0.980. The van der Waals surface area contributed by atoms with Crippen LogP contribution in [0.3, 0.4) is 0 Å². The van der Waals surface area contributed by atoms with Gasteiger partial charge in [-0.15, -0.1) is 0 Å². The maximum absolute atomic E-state index is 3.76. The van der Waals surface area contributed by atoms with Crippen LogP contribution in [0.2, 0.25) is 0 Å². The zero-order valence-corrected chi connectivity index (χ0v) is 50.6. The van der Waals surface area contributed by atoms with Crippen molar-refractivity contribution >= 4 is 89.6 Å². The van der Waals surface area contributed by atoms with Crippen LogP contribution >= 0.6 is 0 Å². The molecule has 13 aromatic carbocycles. The highest BCUT2D eigenvalue weighted by molar-refractivity contribution is 6.05. The highest BCUT2D eigenvalue weighted by atomic mass is 15.1. The second-order valence-electron chi connectivity index (χ2n) is 25.3. The lowest BCUT2D eigenvalue weighted by atomic mass is 9.91. The molecule has 94 heavy (non-hydrogen) atoms. The minimum Gasteiger partial charge on any atom is -0.354 e. The van der Waals surface area contributed by atoms with E-state index >= 15 is 0 Å². The molecule has 8 heteroatoms. The van der Waals surface area contributed by atoms with Gasteiger partial charge in [-0.2, -0.15) is 0 Å². The average Bonchev–Trinajstić information content (AvgIpc) is 0.692. The number of hydrogen-bond donors (Lipinski definition) is 4. The Morgan fingerprint density at radius 1 is 0.287 bits per heavy atom. The van der Waals surface area contributed by atoms with Crippen molar-refractivity contribution in [2.75, 3.05) is 21.3 Å². The van der Waals surface area contributed by atoms with Gasteiger partial charge in [0.15, 0.2) is 0 Å². The molecule has 5 aliphatic heterocycles. The molecule has 0 saturated heterocycles. The SMILES string of the molecule is C.C.c1ccc(-n2c3cc4c5cc3n3c6c(cccc62)Cc2ccc(cc2-3)Cc2ccc3c(c2)-n5c2c(cccc2n4-c2ccccc2)C3)cc1.c1ccc(Nc2cccc3c2Nc2cc(Cc4ccc5c(c4)Nc4c(cccc4Nc4ccccc4)C5)ccc2C3)cc1. The van der Waals surface area contributed by atoms with Crippen LogP contribution in [0.4, 0.5) is 45.5 Å². The van der Waals surface area contributed by atoms with Gasteiger partial charge in [0.05, 0.1) is 78.3 Å². The van der Waals surface area contributed by atoms with Crippen LogP contribution in [0.1, 0.15) is 81.6 Å². The van der Waals surface area contributed by atoms with E-state index in [1.807, 2.05) is 12.1 Å². The van der Waals surface area contributed by atoms with Crippen molar-refractivity contribution in [1.82, 2.24) is 18.3 Å². The first-order valence-corrected chi connectivity index (χ1v) is 32.2. The monoisotopic (exact) mass is 1210 g/mol. The quantitative estimate of drug-likeness (QED) is 0.114. The number of nitrogens with zero attached hydrogens (tertiary/aromatic N) is 4. The first-order valence-electron chi connectivity index (χ1n) is 32.2. The summed E-state index contributed by atoms with van der Waals surface area (Å²) in [7, 11) is 0. The maximum Gasteiger partial charge on any atom is 0.0739 e. The third-order valence-electron chi connectivity index (χ3n) is 19.6. The molecule has 20 rings (SSSR count). The Morgan fingerprint density at radius 3 is 1.12 bits per heavy atom. The fourth-order valence-electron chi connectivity index (χ4n) is 15.4. The summed E-state index contributed by atoms with van der Waals surface area (Å²) in [5.41, 5.74) is 39.8.